The maximum Gasteiger partial charge on any atom is 0.242 e. The minimum absolute atomic E-state index is 0.0805. The van der Waals surface area contributed by atoms with E-state index in [-0.39, 0.29) is 23.7 Å². The van der Waals surface area contributed by atoms with Crippen molar-refractivity contribution in [2.45, 2.75) is 12.8 Å². The Morgan fingerprint density at radius 2 is 1.90 bits per heavy atom. The Bertz CT molecular complexity index is 539. The number of likely N-dealkylation sites (N-methyl/N-ethyl adjacent to an activating group) is 1. The van der Waals surface area contributed by atoms with Gasteiger partial charge in [0, 0.05) is 20.1 Å². The molecule has 0 atom stereocenters. The Hall–Kier alpha value is -2.16. The van der Waals surface area contributed by atoms with Gasteiger partial charge in [0.05, 0.1) is 18.2 Å². The van der Waals surface area contributed by atoms with Crippen molar-refractivity contribution < 1.29 is 13.6 Å². The van der Waals surface area contributed by atoms with Crippen LogP contribution in [-0.2, 0) is 4.79 Å². The van der Waals surface area contributed by atoms with E-state index in [2.05, 4.69) is 0 Å². The molecule has 0 bridgehead atoms. The number of nitriles is 1. The number of carbonyl (C=O) groups excluding carboxylic acids is 1. The number of carbonyl (C=O) groups is 1. The van der Waals surface area contributed by atoms with Crippen LogP contribution in [0.3, 0.4) is 0 Å². The Morgan fingerprint density at radius 1 is 1.35 bits per heavy atom. The predicted molar refractivity (Wildman–Crippen MR) is 70.2 cm³/mol. The minimum atomic E-state index is -0.835. The first-order chi connectivity index (χ1) is 9.52. The summed E-state index contributed by atoms with van der Waals surface area (Å²) >= 11 is 0. The average Bonchev–Trinajstić information content (AvgIpc) is 2.91. The van der Waals surface area contributed by atoms with E-state index in [1.54, 1.807) is 11.0 Å². The van der Waals surface area contributed by atoms with Crippen molar-refractivity contribution >= 4 is 11.6 Å². The Labute approximate surface area is 116 Å². The minimum Gasteiger partial charge on any atom is -0.361 e. The van der Waals surface area contributed by atoms with E-state index in [0.717, 1.165) is 25.0 Å². The lowest BCUT2D eigenvalue weighted by molar-refractivity contribution is -0.128. The highest BCUT2D eigenvalue weighted by Crippen LogP contribution is 2.24. The third kappa shape index (κ3) is 2.87. The number of amides is 1. The molecule has 0 spiro atoms. The number of likely N-dealkylation sites (tertiary alicyclic amines) is 1. The first-order valence-electron chi connectivity index (χ1n) is 6.41. The summed E-state index contributed by atoms with van der Waals surface area (Å²) in [6, 6.07) is 3.62. The zero-order chi connectivity index (χ0) is 14.7. The lowest BCUT2D eigenvalue weighted by Crippen LogP contribution is -2.37. The van der Waals surface area contributed by atoms with Crippen LogP contribution in [0.2, 0.25) is 0 Å². The van der Waals surface area contributed by atoms with Gasteiger partial charge in [-0.1, -0.05) is 0 Å². The highest BCUT2D eigenvalue weighted by molar-refractivity contribution is 5.81. The largest absolute Gasteiger partial charge is 0.361 e. The lowest BCUT2D eigenvalue weighted by atomic mass is 10.2. The second kappa shape index (κ2) is 5.87. The lowest BCUT2D eigenvalue weighted by Gasteiger charge is -2.23. The van der Waals surface area contributed by atoms with Gasteiger partial charge >= 0.3 is 0 Å². The molecule has 1 fully saturated rings. The summed E-state index contributed by atoms with van der Waals surface area (Å²) in [5.41, 5.74) is -0.362. The molecule has 1 aliphatic rings. The Morgan fingerprint density at radius 3 is 2.40 bits per heavy atom. The maximum atomic E-state index is 13.8. The van der Waals surface area contributed by atoms with Crippen LogP contribution in [-0.4, -0.2) is 37.5 Å². The Balaban J connectivity index is 2.15. The van der Waals surface area contributed by atoms with E-state index in [1.807, 2.05) is 0 Å². The van der Waals surface area contributed by atoms with Gasteiger partial charge in [0.25, 0.3) is 0 Å². The van der Waals surface area contributed by atoms with Crippen LogP contribution in [0.4, 0.5) is 14.5 Å². The molecular weight excluding hydrogens is 264 g/mol. The molecule has 2 rings (SSSR count). The van der Waals surface area contributed by atoms with Crippen LogP contribution >= 0.6 is 0 Å². The van der Waals surface area contributed by atoms with E-state index >= 15 is 0 Å². The molecule has 1 aromatic rings. The summed E-state index contributed by atoms with van der Waals surface area (Å²) in [5.74, 6) is -1.82. The molecule has 1 saturated heterocycles. The van der Waals surface area contributed by atoms with Crippen LogP contribution in [0.25, 0.3) is 0 Å². The van der Waals surface area contributed by atoms with Crippen molar-refractivity contribution in [2.24, 2.45) is 0 Å². The predicted octanol–water partition coefficient (Wildman–Crippen LogP) is 1.90. The number of nitrogens with zero attached hydrogens (tertiary/aromatic N) is 3. The number of hydrogen-bond donors (Lipinski definition) is 0. The molecule has 0 aromatic heterocycles. The average molecular weight is 279 g/mol. The topological polar surface area (TPSA) is 47.3 Å². The summed E-state index contributed by atoms with van der Waals surface area (Å²) < 4.78 is 27.6. The van der Waals surface area contributed by atoms with Gasteiger partial charge in [-0.15, -0.1) is 0 Å². The fourth-order valence-electron chi connectivity index (χ4n) is 2.34. The van der Waals surface area contributed by atoms with Crippen molar-refractivity contribution in [3.8, 4) is 6.07 Å². The SMILES string of the molecule is CN(CC(=O)N1CCCC1)c1c(F)cc(C#N)cc1F. The van der Waals surface area contributed by atoms with Gasteiger partial charge in [-0.3, -0.25) is 4.79 Å². The summed E-state index contributed by atoms with van der Waals surface area (Å²) in [6.45, 7) is 1.32. The highest BCUT2D eigenvalue weighted by atomic mass is 19.1. The van der Waals surface area contributed by atoms with E-state index < -0.39 is 11.6 Å². The number of anilines is 1. The molecule has 20 heavy (non-hydrogen) atoms. The summed E-state index contributed by atoms with van der Waals surface area (Å²) in [6.07, 6.45) is 1.93. The fourth-order valence-corrected chi connectivity index (χ4v) is 2.34. The van der Waals surface area contributed by atoms with E-state index in [0.29, 0.717) is 13.1 Å². The fraction of sp³-hybridized carbons (Fsp3) is 0.429. The quantitative estimate of drug-likeness (QED) is 0.849. The van der Waals surface area contributed by atoms with Gasteiger partial charge in [0.2, 0.25) is 5.91 Å². The van der Waals surface area contributed by atoms with Crippen LogP contribution in [0.15, 0.2) is 12.1 Å². The molecule has 4 nitrogen and oxygen atoms in total. The number of rotatable bonds is 3. The molecule has 106 valence electrons. The van der Waals surface area contributed by atoms with Crippen LogP contribution in [0.5, 0.6) is 0 Å². The molecular formula is C14H15F2N3O. The summed E-state index contributed by atoms with van der Waals surface area (Å²) in [5, 5.41) is 8.65. The first-order valence-corrected chi connectivity index (χ1v) is 6.41. The van der Waals surface area contributed by atoms with Crippen molar-refractivity contribution in [1.29, 1.82) is 5.26 Å². The second-order valence-corrected chi connectivity index (χ2v) is 4.84. The van der Waals surface area contributed by atoms with Crippen molar-refractivity contribution in [2.75, 3.05) is 31.6 Å². The van der Waals surface area contributed by atoms with E-state index in [4.69, 9.17) is 5.26 Å². The summed E-state index contributed by atoms with van der Waals surface area (Å²) in [7, 11) is 1.46. The van der Waals surface area contributed by atoms with Gasteiger partial charge in [-0.05, 0) is 25.0 Å². The molecule has 0 N–H and O–H groups in total. The molecule has 1 amide bonds. The maximum absolute atomic E-state index is 13.8. The Kier molecular flexibility index (Phi) is 4.18. The monoisotopic (exact) mass is 279 g/mol. The molecule has 0 radical (unpaired) electrons. The van der Waals surface area contributed by atoms with Gasteiger partial charge in [0.1, 0.15) is 5.69 Å². The normalized spacial score (nSPS) is 14.2. The smallest absolute Gasteiger partial charge is 0.242 e. The van der Waals surface area contributed by atoms with Crippen LogP contribution in [0, 0.1) is 23.0 Å². The standard InChI is InChI=1S/C14H15F2N3O/c1-18(9-13(20)19-4-2-3-5-19)14-11(15)6-10(8-17)7-12(14)16/h6-7H,2-5,9H2,1H3. The zero-order valence-corrected chi connectivity index (χ0v) is 11.2. The molecule has 1 heterocycles. The molecule has 1 aliphatic heterocycles. The third-order valence-corrected chi connectivity index (χ3v) is 3.36. The van der Waals surface area contributed by atoms with Crippen molar-refractivity contribution in [1.82, 2.24) is 4.90 Å². The van der Waals surface area contributed by atoms with E-state index in [9.17, 15) is 13.6 Å². The summed E-state index contributed by atoms with van der Waals surface area (Å²) in [4.78, 5) is 14.9. The molecule has 0 saturated carbocycles. The molecule has 1 aromatic carbocycles. The molecule has 0 aliphatic carbocycles. The van der Waals surface area contributed by atoms with Crippen LogP contribution in [0.1, 0.15) is 18.4 Å². The van der Waals surface area contributed by atoms with Crippen LogP contribution < -0.4 is 4.90 Å². The number of benzene rings is 1. The van der Waals surface area contributed by atoms with Gasteiger partial charge < -0.3 is 9.80 Å². The third-order valence-electron chi connectivity index (χ3n) is 3.36. The molecule has 0 unspecified atom stereocenters. The molecule has 6 heteroatoms. The second-order valence-electron chi connectivity index (χ2n) is 4.84. The van der Waals surface area contributed by atoms with Gasteiger partial charge in [0.15, 0.2) is 11.6 Å². The zero-order valence-electron chi connectivity index (χ0n) is 11.2. The number of halogens is 2. The van der Waals surface area contributed by atoms with Crippen molar-refractivity contribution in [3.63, 3.8) is 0 Å². The van der Waals surface area contributed by atoms with Gasteiger partial charge in [-0.2, -0.15) is 5.26 Å². The first kappa shape index (κ1) is 14.3. The van der Waals surface area contributed by atoms with Gasteiger partial charge in [-0.25, -0.2) is 8.78 Å². The number of hydrogen-bond acceptors (Lipinski definition) is 3. The van der Waals surface area contributed by atoms with Crippen molar-refractivity contribution in [3.05, 3.63) is 29.3 Å². The van der Waals surface area contributed by atoms with E-state index in [1.165, 1.54) is 11.9 Å². The highest BCUT2D eigenvalue weighted by Gasteiger charge is 2.22.